The smallest absolute Gasteiger partial charge is 0.239 e. The van der Waals surface area contributed by atoms with Gasteiger partial charge in [0.1, 0.15) is 0 Å². The molecule has 1 heterocycles. The third-order valence-corrected chi connectivity index (χ3v) is 1.74. The third-order valence-electron chi connectivity index (χ3n) is 1.74. The van der Waals surface area contributed by atoms with Gasteiger partial charge in [0.2, 0.25) is 5.91 Å². The molecular formula is C8H14N4O. The quantitative estimate of drug-likeness (QED) is 0.674. The largest absolute Gasteiger partial charge is 0.340 e. The number of nitrogens with two attached hydrogens (primary N) is 1. The van der Waals surface area contributed by atoms with Crippen molar-refractivity contribution in [2.24, 2.45) is 5.73 Å². The Labute approximate surface area is 76.9 Å². The zero-order valence-electron chi connectivity index (χ0n) is 7.82. The van der Waals surface area contributed by atoms with Crippen LogP contribution in [0.4, 0.5) is 0 Å². The van der Waals surface area contributed by atoms with Gasteiger partial charge in [0.25, 0.3) is 0 Å². The maximum atomic E-state index is 11.3. The molecule has 5 nitrogen and oxygen atoms in total. The Bertz CT molecular complexity index is 268. The van der Waals surface area contributed by atoms with E-state index in [2.05, 4.69) is 10.2 Å². The molecular weight excluding hydrogens is 168 g/mol. The SMILES string of the molecule is CC(N)C(=O)N(C)Cc1cn[nH]c1. The fourth-order valence-corrected chi connectivity index (χ4v) is 1.06. The van der Waals surface area contributed by atoms with E-state index in [0.29, 0.717) is 6.54 Å². The molecule has 5 heteroatoms. The summed E-state index contributed by atoms with van der Waals surface area (Å²) in [5.41, 5.74) is 6.42. The highest BCUT2D eigenvalue weighted by Gasteiger charge is 2.13. The van der Waals surface area contributed by atoms with Gasteiger partial charge in [0.05, 0.1) is 12.2 Å². The van der Waals surface area contributed by atoms with E-state index in [1.807, 2.05) is 0 Å². The molecule has 1 amide bonds. The number of amides is 1. The lowest BCUT2D eigenvalue weighted by atomic mass is 10.3. The van der Waals surface area contributed by atoms with Gasteiger partial charge in [-0.05, 0) is 6.92 Å². The van der Waals surface area contributed by atoms with E-state index >= 15 is 0 Å². The zero-order chi connectivity index (χ0) is 9.84. The molecule has 1 unspecified atom stereocenters. The van der Waals surface area contributed by atoms with E-state index in [-0.39, 0.29) is 5.91 Å². The van der Waals surface area contributed by atoms with Crippen LogP contribution < -0.4 is 5.73 Å². The number of aromatic amines is 1. The Balaban J connectivity index is 2.51. The molecule has 0 fully saturated rings. The van der Waals surface area contributed by atoms with Gasteiger partial charge in [-0.25, -0.2) is 0 Å². The van der Waals surface area contributed by atoms with Crippen molar-refractivity contribution in [3.63, 3.8) is 0 Å². The Morgan fingerprint density at radius 3 is 3.00 bits per heavy atom. The molecule has 0 aliphatic rings. The van der Waals surface area contributed by atoms with Crippen molar-refractivity contribution in [1.82, 2.24) is 15.1 Å². The monoisotopic (exact) mass is 182 g/mol. The van der Waals surface area contributed by atoms with E-state index in [0.717, 1.165) is 5.56 Å². The summed E-state index contributed by atoms with van der Waals surface area (Å²) in [6.45, 7) is 2.21. The number of hydrogen-bond acceptors (Lipinski definition) is 3. The molecule has 0 aromatic carbocycles. The van der Waals surface area contributed by atoms with Crippen molar-refractivity contribution in [1.29, 1.82) is 0 Å². The van der Waals surface area contributed by atoms with Crippen LogP contribution in [0.5, 0.6) is 0 Å². The molecule has 1 aromatic rings. The first kappa shape index (κ1) is 9.73. The van der Waals surface area contributed by atoms with E-state index in [4.69, 9.17) is 5.73 Å². The Morgan fingerprint density at radius 2 is 2.54 bits per heavy atom. The average molecular weight is 182 g/mol. The number of carbonyl (C=O) groups excluding carboxylic acids is 1. The molecule has 13 heavy (non-hydrogen) atoms. The van der Waals surface area contributed by atoms with Crippen LogP contribution in [0, 0.1) is 0 Å². The molecule has 72 valence electrons. The summed E-state index contributed by atoms with van der Waals surface area (Å²) in [6.07, 6.45) is 3.44. The van der Waals surface area contributed by atoms with Crippen LogP contribution in [0.1, 0.15) is 12.5 Å². The van der Waals surface area contributed by atoms with E-state index < -0.39 is 6.04 Å². The normalized spacial score (nSPS) is 12.5. The highest BCUT2D eigenvalue weighted by molar-refractivity contribution is 5.80. The highest BCUT2D eigenvalue weighted by atomic mass is 16.2. The second-order valence-electron chi connectivity index (χ2n) is 3.09. The summed E-state index contributed by atoms with van der Waals surface area (Å²) in [6, 6.07) is -0.447. The standard InChI is InChI=1S/C8H14N4O/c1-6(9)8(13)12(2)5-7-3-10-11-4-7/h3-4,6H,5,9H2,1-2H3,(H,10,11). The maximum absolute atomic E-state index is 11.3. The average Bonchev–Trinajstić information content (AvgIpc) is 2.55. The minimum atomic E-state index is -0.447. The molecule has 3 N–H and O–H groups in total. The molecule has 1 aromatic heterocycles. The summed E-state index contributed by atoms with van der Waals surface area (Å²) in [5, 5.41) is 6.47. The Hall–Kier alpha value is -1.36. The number of likely N-dealkylation sites (N-methyl/N-ethyl adjacent to an activating group) is 1. The molecule has 0 radical (unpaired) electrons. The topological polar surface area (TPSA) is 75.0 Å². The van der Waals surface area contributed by atoms with Crippen LogP contribution in [0.3, 0.4) is 0 Å². The predicted octanol–water partition coefficient (Wildman–Crippen LogP) is -0.285. The minimum absolute atomic E-state index is 0.0683. The fraction of sp³-hybridized carbons (Fsp3) is 0.500. The molecule has 0 aliphatic carbocycles. The van der Waals surface area contributed by atoms with Crippen molar-refractivity contribution >= 4 is 5.91 Å². The number of nitrogens with zero attached hydrogens (tertiary/aromatic N) is 2. The number of rotatable bonds is 3. The minimum Gasteiger partial charge on any atom is -0.340 e. The fourth-order valence-electron chi connectivity index (χ4n) is 1.06. The zero-order valence-corrected chi connectivity index (χ0v) is 7.82. The first-order chi connectivity index (χ1) is 6.11. The van der Waals surface area contributed by atoms with Gasteiger partial charge in [0.15, 0.2) is 0 Å². The van der Waals surface area contributed by atoms with Crippen molar-refractivity contribution in [2.75, 3.05) is 7.05 Å². The van der Waals surface area contributed by atoms with Crippen molar-refractivity contribution < 1.29 is 4.79 Å². The van der Waals surface area contributed by atoms with Crippen molar-refractivity contribution in [3.05, 3.63) is 18.0 Å². The lowest BCUT2D eigenvalue weighted by molar-refractivity contribution is -0.131. The van der Waals surface area contributed by atoms with Gasteiger partial charge < -0.3 is 10.6 Å². The van der Waals surface area contributed by atoms with Crippen LogP contribution in [-0.2, 0) is 11.3 Å². The molecule has 1 rings (SSSR count). The Kier molecular flexibility index (Phi) is 3.02. The highest BCUT2D eigenvalue weighted by Crippen LogP contribution is 2.00. The van der Waals surface area contributed by atoms with Crippen LogP contribution in [0.2, 0.25) is 0 Å². The molecule has 1 atom stereocenters. The second-order valence-corrected chi connectivity index (χ2v) is 3.09. The van der Waals surface area contributed by atoms with Gasteiger partial charge in [-0.15, -0.1) is 0 Å². The summed E-state index contributed by atoms with van der Waals surface area (Å²) < 4.78 is 0. The van der Waals surface area contributed by atoms with Crippen molar-refractivity contribution in [2.45, 2.75) is 19.5 Å². The summed E-state index contributed by atoms with van der Waals surface area (Å²) in [7, 11) is 1.72. The molecule has 0 spiro atoms. The molecule has 0 bridgehead atoms. The number of aromatic nitrogens is 2. The number of H-pyrrole nitrogens is 1. The Morgan fingerprint density at radius 1 is 1.85 bits per heavy atom. The first-order valence-corrected chi connectivity index (χ1v) is 4.09. The van der Waals surface area contributed by atoms with E-state index in [9.17, 15) is 4.79 Å². The number of carbonyl (C=O) groups is 1. The summed E-state index contributed by atoms with van der Waals surface area (Å²) >= 11 is 0. The number of hydrogen-bond donors (Lipinski definition) is 2. The van der Waals surface area contributed by atoms with Crippen LogP contribution in [0.15, 0.2) is 12.4 Å². The molecule has 0 saturated carbocycles. The third kappa shape index (κ3) is 2.55. The van der Waals surface area contributed by atoms with Gasteiger partial charge in [-0.1, -0.05) is 0 Å². The van der Waals surface area contributed by atoms with Gasteiger partial charge in [-0.3, -0.25) is 9.89 Å². The van der Waals surface area contributed by atoms with Gasteiger partial charge >= 0.3 is 0 Å². The number of nitrogens with one attached hydrogen (secondary N) is 1. The second kappa shape index (κ2) is 4.04. The van der Waals surface area contributed by atoms with Gasteiger partial charge in [-0.2, -0.15) is 5.10 Å². The van der Waals surface area contributed by atoms with E-state index in [1.54, 1.807) is 31.3 Å². The summed E-state index contributed by atoms with van der Waals surface area (Å²) in [4.78, 5) is 12.9. The lowest BCUT2D eigenvalue weighted by Crippen LogP contribution is -2.39. The first-order valence-electron chi connectivity index (χ1n) is 4.09. The molecule has 0 aliphatic heterocycles. The molecule has 0 saturated heterocycles. The van der Waals surface area contributed by atoms with Crippen LogP contribution in [-0.4, -0.2) is 34.1 Å². The maximum Gasteiger partial charge on any atom is 0.239 e. The van der Waals surface area contributed by atoms with E-state index in [1.165, 1.54) is 0 Å². The van der Waals surface area contributed by atoms with Gasteiger partial charge in [0, 0.05) is 25.4 Å². The van der Waals surface area contributed by atoms with Crippen LogP contribution in [0.25, 0.3) is 0 Å². The van der Waals surface area contributed by atoms with Crippen molar-refractivity contribution in [3.8, 4) is 0 Å². The lowest BCUT2D eigenvalue weighted by Gasteiger charge is -2.18. The van der Waals surface area contributed by atoms with Crippen LogP contribution >= 0.6 is 0 Å². The summed E-state index contributed by atoms with van der Waals surface area (Å²) in [5.74, 6) is -0.0683. The predicted molar refractivity (Wildman–Crippen MR) is 48.7 cm³/mol.